The summed E-state index contributed by atoms with van der Waals surface area (Å²) < 4.78 is 10.8. The molecule has 2 aromatic heterocycles. The number of nitrogens with one attached hydrogen (secondary N) is 1. The first kappa shape index (κ1) is 16.8. The Morgan fingerprint density at radius 1 is 1.07 bits per heavy atom. The van der Waals surface area contributed by atoms with Crippen molar-refractivity contribution in [1.29, 1.82) is 0 Å². The van der Waals surface area contributed by atoms with Crippen molar-refractivity contribution in [2.75, 3.05) is 5.32 Å². The number of furan rings is 2. The molecular weight excluding hydrogens is 346 g/mol. The number of hydrogen-bond acceptors (Lipinski definition) is 5. The van der Waals surface area contributed by atoms with Crippen LogP contribution in [0.1, 0.15) is 41.3 Å². The summed E-state index contributed by atoms with van der Waals surface area (Å²) in [6.45, 7) is 1.46. The second kappa shape index (κ2) is 6.95. The third-order valence-corrected chi connectivity index (χ3v) is 4.26. The van der Waals surface area contributed by atoms with Crippen molar-refractivity contribution in [3.63, 3.8) is 0 Å². The summed E-state index contributed by atoms with van der Waals surface area (Å²) in [5, 5.41) is 8.66. The second-order valence-corrected chi connectivity index (χ2v) is 6.17. The van der Waals surface area contributed by atoms with Gasteiger partial charge in [0.25, 0.3) is 0 Å². The average Bonchev–Trinajstić information content (AvgIpc) is 3.41. The molecular formula is C20H17N3O4. The Bertz CT molecular complexity index is 973. The Kier molecular flexibility index (Phi) is 4.33. The fourth-order valence-electron chi connectivity index (χ4n) is 3.04. The van der Waals surface area contributed by atoms with E-state index in [1.165, 1.54) is 18.2 Å². The number of carbonyl (C=O) groups excluding carboxylic acids is 2. The summed E-state index contributed by atoms with van der Waals surface area (Å²) in [5.74, 6) is 0.418. The zero-order chi connectivity index (χ0) is 18.8. The highest BCUT2D eigenvalue weighted by Crippen LogP contribution is 2.34. The van der Waals surface area contributed by atoms with Gasteiger partial charge >= 0.3 is 5.91 Å². The summed E-state index contributed by atoms with van der Waals surface area (Å²) in [6, 6.07) is 13.9. The molecule has 0 radical (unpaired) electrons. The molecule has 7 heteroatoms. The number of benzene rings is 1. The zero-order valence-corrected chi connectivity index (χ0v) is 14.6. The molecule has 27 heavy (non-hydrogen) atoms. The third kappa shape index (κ3) is 3.39. The van der Waals surface area contributed by atoms with Crippen LogP contribution in [0.3, 0.4) is 0 Å². The van der Waals surface area contributed by atoms with Gasteiger partial charge in [0.05, 0.1) is 18.2 Å². The largest absolute Gasteiger partial charge is 0.467 e. The first-order valence-corrected chi connectivity index (χ1v) is 8.48. The smallest absolute Gasteiger partial charge is 0.310 e. The number of carbonyl (C=O) groups is 2. The van der Waals surface area contributed by atoms with Gasteiger partial charge in [0, 0.05) is 19.0 Å². The normalized spacial score (nSPS) is 16.3. The highest BCUT2D eigenvalue weighted by molar-refractivity contribution is 6.04. The maximum atomic E-state index is 12.8. The van der Waals surface area contributed by atoms with Gasteiger partial charge in [0.1, 0.15) is 11.8 Å². The summed E-state index contributed by atoms with van der Waals surface area (Å²) in [5.41, 5.74) is 2.33. The quantitative estimate of drug-likeness (QED) is 0.763. The van der Waals surface area contributed by atoms with E-state index in [0.29, 0.717) is 17.9 Å². The first-order chi connectivity index (χ1) is 13.1. The number of hydrogen-bond donors (Lipinski definition) is 1. The fourth-order valence-corrected chi connectivity index (χ4v) is 3.04. The number of anilines is 1. The topological polar surface area (TPSA) is 88.0 Å². The van der Waals surface area contributed by atoms with Crippen LogP contribution in [0.15, 0.2) is 75.0 Å². The van der Waals surface area contributed by atoms with Crippen molar-refractivity contribution in [3.05, 3.63) is 78.1 Å². The lowest BCUT2D eigenvalue weighted by atomic mass is 10.0. The highest BCUT2D eigenvalue weighted by atomic mass is 16.3. The van der Waals surface area contributed by atoms with Gasteiger partial charge in [0.15, 0.2) is 5.76 Å². The lowest BCUT2D eigenvalue weighted by molar-refractivity contribution is -0.114. The Morgan fingerprint density at radius 3 is 2.44 bits per heavy atom. The van der Waals surface area contributed by atoms with E-state index in [2.05, 4.69) is 10.4 Å². The van der Waals surface area contributed by atoms with E-state index >= 15 is 0 Å². The van der Waals surface area contributed by atoms with E-state index in [0.717, 1.165) is 11.3 Å². The van der Waals surface area contributed by atoms with Crippen LogP contribution in [-0.2, 0) is 4.79 Å². The minimum atomic E-state index is -0.345. The van der Waals surface area contributed by atoms with Crippen molar-refractivity contribution in [1.82, 2.24) is 5.01 Å². The van der Waals surface area contributed by atoms with Crippen LogP contribution in [0.2, 0.25) is 0 Å². The predicted octanol–water partition coefficient (Wildman–Crippen LogP) is 3.82. The lowest BCUT2D eigenvalue weighted by Crippen LogP contribution is -2.26. The van der Waals surface area contributed by atoms with Gasteiger partial charge in [-0.1, -0.05) is 12.1 Å². The van der Waals surface area contributed by atoms with Gasteiger partial charge in [-0.15, -0.1) is 0 Å². The molecule has 0 fully saturated rings. The molecule has 0 saturated carbocycles. The lowest BCUT2D eigenvalue weighted by Gasteiger charge is -2.18. The Hall–Kier alpha value is -3.61. The monoisotopic (exact) mass is 363 g/mol. The molecule has 7 nitrogen and oxygen atoms in total. The number of nitrogens with zero attached hydrogens (tertiary/aromatic N) is 2. The minimum absolute atomic E-state index is 0.131. The summed E-state index contributed by atoms with van der Waals surface area (Å²) >= 11 is 0. The predicted molar refractivity (Wildman–Crippen MR) is 98.2 cm³/mol. The molecule has 136 valence electrons. The molecule has 0 aliphatic carbocycles. The van der Waals surface area contributed by atoms with E-state index in [4.69, 9.17) is 8.83 Å². The van der Waals surface area contributed by atoms with Crippen molar-refractivity contribution in [2.45, 2.75) is 19.4 Å². The van der Waals surface area contributed by atoms with Gasteiger partial charge in [-0.05, 0) is 42.0 Å². The van der Waals surface area contributed by atoms with E-state index in [9.17, 15) is 9.59 Å². The fraction of sp³-hybridized carbons (Fsp3) is 0.150. The molecule has 2 amide bonds. The second-order valence-electron chi connectivity index (χ2n) is 6.17. The van der Waals surface area contributed by atoms with Crippen LogP contribution in [0.4, 0.5) is 5.69 Å². The maximum Gasteiger partial charge on any atom is 0.310 e. The molecule has 3 heterocycles. The summed E-state index contributed by atoms with van der Waals surface area (Å²) in [7, 11) is 0. The van der Waals surface area contributed by atoms with E-state index in [1.54, 1.807) is 36.6 Å². The van der Waals surface area contributed by atoms with Crippen LogP contribution in [0.25, 0.3) is 0 Å². The van der Waals surface area contributed by atoms with E-state index in [1.807, 2.05) is 18.2 Å². The minimum Gasteiger partial charge on any atom is -0.467 e. The average molecular weight is 363 g/mol. The van der Waals surface area contributed by atoms with E-state index in [-0.39, 0.29) is 23.6 Å². The number of amides is 2. The van der Waals surface area contributed by atoms with Crippen LogP contribution in [0, 0.1) is 0 Å². The molecule has 4 rings (SSSR count). The van der Waals surface area contributed by atoms with Crippen molar-refractivity contribution in [2.24, 2.45) is 5.10 Å². The molecule has 0 unspecified atom stereocenters. The molecule has 3 aromatic rings. The molecule has 1 aliphatic rings. The Balaban J connectivity index is 1.64. The third-order valence-electron chi connectivity index (χ3n) is 4.26. The van der Waals surface area contributed by atoms with Gasteiger partial charge in [0.2, 0.25) is 5.91 Å². The summed E-state index contributed by atoms with van der Waals surface area (Å²) in [4.78, 5) is 24.0. The van der Waals surface area contributed by atoms with Gasteiger partial charge in [-0.2, -0.15) is 5.10 Å². The molecule has 1 aliphatic heterocycles. The van der Waals surface area contributed by atoms with Gasteiger partial charge in [-0.3, -0.25) is 9.59 Å². The number of rotatable bonds is 4. The first-order valence-electron chi connectivity index (χ1n) is 8.48. The zero-order valence-electron chi connectivity index (χ0n) is 14.6. The van der Waals surface area contributed by atoms with Crippen molar-refractivity contribution in [3.8, 4) is 0 Å². The molecule has 0 spiro atoms. The highest BCUT2D eigenvalue weighted by Gasteiger charge is 2.36. The SMILES string of the molecule is CC(=O)Nc1ccc(C2=NN(C(=O)c3ccco3)[C@@H](c3ccco3)C2)cc1. The maximum absolute atomic E-state index is 12.8. The Labute approximate surface area is 155 Å². The standard InChI is InChI=1S/C20H17N3O4/c1-13(24)21-15-8-6-14(7-9-15)16-12-17(18-4-2-10-26-18)23(22-16)20(25)19-5-3-11-27-19/h2-11,17H,12H2,1H3,(H,21,24)/t17-/m1/s1. The van der Waals surface area contributed by atoms with Crippen molar-refractivity contribution < 1.29 is 18.4 Å². The number of hydrazone groups is 1. The van der Waals surface area contributed by atoms with Crippen LogP contribution in [0.5, 0.6) is 0 Å². The van der Waals surface area contributed by atoms with Crippen molar-refractivity contribution >= 4 is 23.2 Å². The Morgan fingerprint density at radius 2 is 1.81 bits per heavy atom. The molecule has 1 aromatic carbocycles. The van der Waals surface area contributed by atoms with Crippen LogP contribution < -0.4 is 5.32 Å². The molecule has 0 saturated heterocycles. The van der Waals surface area contributed by atoms with E-state index < -0.39 is 0 Å². The van der Waals surface area contributed by atoms with Gasteiger partial charge < -0.3 is 14.2 Å². The molecule has 0 bridgehead atoms. The van der Waals surface area contributed by atoms with Gasteiger partial charge in [-0.25, -0.2) is 5.01 Å². The molecule has 1 atom stereocenters. The molecule has 1 N–H and O–H groups in total. The van der Waals surface area contributed by atoms with Crippen LogP contribution in [-0.4, -0.2) is 22.5 Å². The summed E-state index contributed by atoms with van der Waals surface area (Å²) in [6.07, 6.45) is 3.54. The van der Waals surface area contributed by atoms with Crippen LogP contribution >= 0.6 is 0 Å².